The van der Waals surface area contributed by atoms with Gasteiger partial charge in [-0.3, -0.25) is 4.79 Å². The Labute approximate surface area is 237 Å². The van der Waals surface area contributed by atoms with Crippen molar-refractivity contribution in [1.82, 2.24) is 10.2 Å². The van der Waals surface area contributed by atoms with Crippen molar-refractivity contribution in [2.45, 2.75) is 56.1 Å². The monoisotopic (exact) mass is 629 g/mol. The minimum absolute atomic E-state index is 0.000550. The van der Waals surface area contributed by atoms with E-state index < -0.39 is 49.0 Å². The summed E-state index contributed by atoms with van der Waals surface area (Å²) in [5, 5.41) is 6.16. The molecular formula is C24H19Cl2F6N3O4S. The third-order valence-electron chi connectivity index (χ3n) is 6.86. The van der Waals surface area contributed by atoms with Crippen molar-refractivity contribution >= 4 is 52.3 Å². The summed E-state index contributed by atoms with van der Waals surface area (Å²) in [4.78, 5) is 30.9. The Balaban J connectivity index is 1.34. The van der Waals surface area contributed by atoms with Gasteiger partial charge in [0.15, 0.2) is 5.06 Å². The van der Waals surface area contributed by atoms with Gasteiger partial charge in [-0.1, -0.05) is 39.7 Å². The number of fused-ring (bicyclic) bond motifs is 1. The molecule has 7 nitrogen and oxygen atoms in total. The Morgan fingerprint density at radius 1 is 1.15 bits per heavy atom. The average Bonchev–Trinajstić information content (AvgIpc) is 3.60. The Morgan fingerprint density at radius 3 is 2.48 bits per heavy atom. The molecule has 5 rings (SSSR count). The lowest BCUT2D eigenvalue weighted by Crippen LogP contribution is -2.44. The van der Waals surface area contributed by atoms with Crippen molar-refractivity contribution in [3.05, 3.63) is 49.8 Å². The zero-order valence-electron chi connectivity index (χ0n) is 20.2. The van der Waals surface area contributed by atoms with Gasteiger partial charge >= 0.3 is 18.4 Å². The molecule has 1 fully saturated rings. The zero-order valence-corrected chi connectivity index (χ0v) is 22.5. The van der Waals surface area contributed by atoms with Crippen molar-refractivity contribution in [1.29, 1.82) is 0 Å². The number of rotatable bonds is 5. The van der Waals surface area contributed by atoms with Crippen LogP contribution in [0.4, 0.5) is 31.1 Å². The third kappa shape index (κ3) is 5.45. The van der Waals surface area contributed by atoms with E-state index in [0.29, 0.717) is 40.2 Å². The van der Waals surface area contributed by atoms with Crippen LogP contribution in [0, 0.1) is 0 Å². The highest BCUT2D eigenvalue weighted by Crippen LogP contribution is 2.52. The van der Waals surface area contributed by atoms with Gasteiger partial charge < -0.3 is 19.8 Å². The first-order valence-electron chi connectivity index (χ1n) is 11.9. The van der Waals surface area contributed by atoms with Crippen molar-refractivity contribution in [3.63, 3.8) is 0 Å². The number of thiophene rings is 1. The number of carbonyl (C=O) groups is 2. The van der Waals surface area contributed by atoms with Crippen LogP contribution in [0.5, 0.6) is 5.06 Å². The minimum Gasteiger partial charge on any atom is -0.399 e. The molecule has 2 atom stereocenters. The van der Waals surface area contributed by atoms with Crippen LogP contribution in [0.3, 0.4) is 0 Å². The van der Waals surface area contributed by atoms with Gasteiger partial charge in [-0.15, -0.1) is 0 Å². The predicted molar refractivity (Wildman–Crippen MR) is 133 cm³/mol. The maximum atomic E-state index is 14.4. The fraction of sp³-hybridized carbons (Fsp3) is 0.458. The summed E-state index contributed by atoms with van der Waals surface area (Å²) in [5.74, 6) is -0.881. The number of nitrogens with one attached hydrogen (secondary N) is 1. The molecule has 0 bridgehead atoms. The molecule has 2 aromatic rings. The first kappa shape index (κ1) is 28.8. The number of hydrogen-bond donors (Lipinski definition) is 1. The van der Waals surface area contributed by atoms with Gasteiger partial charge in [-0.05, 0) is 49.4 Å². The van der Waals surface area contributed by atoms with Gasteiger partial charge in [0.2, 0.25) is 5.91 Å². The van der Waals surface area contributed by atoms with Crippen molar-refractivity contribution in [2.24, 2.45) is 5.16 Å². The van der Waals surface area contributed by atoms with E-state index in [9.17, 15) is 35.9 Å². The summed E-state index contributed by atoms with van der Waals surface area (Å²) in [5.41, 5.74) is -1.87. The molecule has 0 spiro atoms. The number of halogens is 8. The first-order valence-corrected chi connectivity index (χ1v) is 13.5. The number of amides is 2. The van der Waals surface area contributed by atoms with Crippen molar-refractivity contribution in [2.75, 3.05) is 13.1 Å². The van der Waals surface area contributed by atoms with Crippen LogP contribution in [0.1, 0.15) is 40.8 Å². The molecule has 16 heteroatoms. The standard InChI is InChI=1S/C24H19Cl2F6N3O4S/c25-12-6-11(7-13(26)8-12)22(24(30,31)32)9-17(34-39-22)18-14-2-1-3-15(14)20(40-18)38-21(37)33-16-4-5-35(19(16)36)10-23(27,28)29/h6-8,16H,1-5,9-10H2,(H,33,37). The molecule has 0 radical (unpaired) electrons. The number of alkyl halides is 6. The van der Waals surface area contributed by atoms with Gasteiger partial charge in [0.05, 0.1) is 11.3 Å². The van der Waals surface area contributed by atoms with E-state index >= 15 is 0 Å². The van der Waals surface area contributed by atoms with Gasteiger partial charge in [0.1, 0.15) is 18.3 Å². The number of nitrogens with zero attached hydrogens (tertiary/aromatic N) is 2. The van der Waals surface area contributed by atoms with E-state index in [1.807, 2.05) is 0 Å². The highest BCUT2D eigenvalue weighted by molar-refractivity contribution is 7.16. The summed E-state index contributed by atoms with van der Waals surface area (Å²) < 4.78 is 86.6. The number of oxime groups is 1. The fourth-order valence-electron chi connectivity index (χ4n) is 5.07. The van der Waals surface area contributed by atoms with Crippen LogP contribution in [-0.2, 0) is 28.1 Å². The van der Waals surface area contributed by atoms with Crippen LogP contribution in [-0.4, -0.2) is 54.1 Å². The molecule has 1 N–H and O–H groups in total. The molecule has 3 aliphatic rings. The normalized spacial score (nSPS) is 22.8. The molecule has 1 aromatic heterocycles. The Hall–Kier alpha value is -2.71. The largest absolute Gasteiger partial charge is 0.435 e. The first-order chi connectivity index (χ1) is 18.7. The molecule has 2 unspecified atom stereocenters. The Morgan fingerprint density at radius 2 is 1.82 bits per heavy atom. The Bertz CT molecular complexity index is 1380. The lowest BCUT2D eigenvalue weighted by atomic mass is 9.87. The van der Waals surface area contributed by atoms with E-state index in [4.69, 9.17) is 32.8 Å². The molecule has 1 aliphatic carbocycles. The van der Waals surface area contributed by atoms with Gasteiger partial charge in [0, 0.05) is 27.7 Å². The molecule has 0 saturated carbocycles. The number of likely N-dealkylation sites (tertiary alicyclic amines) is 1. The summed E-state index contributed by atoms with van der Waals surface area (Å²) in [6, 6.07) is 2.32. The molecule has 216 valence electrons. The summed E-state index contributed by atoms with van der Waals surface area (Å²) in [6.45, 7) is -1.60. The molecule has 2 aliphatic heterocycles. The Kier molecular flexibility index (Phi) is 7.41. The fourth-order valence-corrected chi connectivity index (χ4v) is 6.82. The molecule has 1 aromatic carbocycles. The highest BCUT2D eigenvalue weighted by atomic mass is 35.5. The average molecular weight is 630 g/mol. The zero-order chi connectivity index (χ0) is 29.0. The quantitative estimate of drug-likeness (QED) is 0.389. The molecule has 40 heavy (non-hydrogen) atoms. The van der Waals surface area contributed by atoms with Gasteiger partial charge in [-0.25, -0.2) is 4.79 Å². The lowest BCUT2D eigenvalue weighted by Gasteiger charge is -2.29. The maximum absolute atomic E-state index is 14.4. The SMILES string of the molecule is O=C(NC1CCN(CC(F)(F)F)C1=O)Oc1sc(C2=NOC(c3cc(Cl)cc(Cl)c3)(C(F)(F)F)C2)c2c1CCC2. The molecular weight excluding hydrogens is 611 g/mol. The van der Waals surface area contributed by atoms with Crippen LogP contribution >= 0.6 is 34.5 Å². The van der Waals surface area contributed by atoms with E-state index in [-0.39, 0.29) is 39.3 Å². The van der Waals surface area contributed by atoms with Crippen molar-refractivity contribution < 1.29 is 45.5 Å². The second kappa shape index (κ2) is 10.3. The summed E-state index contributed by atoms with van der Waals surface area (Å²) >= 11 is 12.8. The molecule has 1 saturated heterocycles. The smallest absolute Gasteiger partial charge is 0.399 e. The predicted octanol–water partition coefficient (Wildman–Crippen LogP) is 6.38. The van der Waals surface area contributed by atoms with Crippen LogP contribution < -0.4 is 10.1 Å². The summed E-state index contributed by atoms with van der Waals surface area (Å²) in [6.07, 6.45) is -9.60. The van der Waals surface area contributed by atoms with E-state index in [0.717, 1.165) is 23.5 Å². The molecule has 2 amide bonds. The number of carbonyl (C=O) groups excluding carboxylic acids is 2. The highest BCUT2D eigenvalue weighted by Gasteiger charge is 2.62. The van der Waals surface area contributed by atoms with Crippen LogP contribution in [0.2, 0.25) is 10.0 Å². The maximum Gasteiger partial charge on any atom is 0.435 e. The van der Waals surface area contributed by atoms with E-state index in [2.05, 4.69) is 10.5 Å². The van der Waals surface area contributed by atoms with E-state index in [1.165, 1.54) is 6.07 Å². The van der Waals surface area contributed by atoms with Crippen LogP contribution in [0.25, 0.3) is 0 Å². The van der Waals surface area contributed by atoms with Gasteiger partial charge in [0.25, 0.3) is 5.60 Å². The second-order valence-electron chi connectivity index (χ2n) is 9.57. The van der Waals surface area contributed by atoms with E-state index in [1.54, 1.807) is 0 Å². The minimum atomic E-state index is -4.89. The van der Waals surface area contributed by atoms with Crippen molar-refractivity contribution in [3.8, 4) is 5.06 Å². The number of hydrogen-bond acceptors (Lipinski definition) is 6. The third-order valence-corrected chi connectivity index (χ3v) is 8.49. The number of ether oxygens (including phenoxy) is 1. The number of benzene rings is 1. The second-order valence-corrected chi connectivity index (χ2v) is 11.4. The summed E-state index contributed by atoms with van der Waals surface area (Å²) in [7, 11) is 0. The topological polar surface area (TPSA) is 80.2 Å². The lowest BCUT2D eigenvalue weighted by molar-refractivity contribution is -0.275. The van der Waals surface area contributed by atoms with Gasteiger partial charge in [-0.2, -0.15) is 26.3 Å². The van der Waals surface area contributed by atoms with Crippen LogP contribution in [0.15, 0.2) is 23.4 Å². The molecule has 3 heterocycles.